The standard InChI is InChI=1S/C17H29NO/c1-6-10-14(4)18(5)16(13(2)3)17(19)15-11-8-7-9-12-15/h7-9,11-14,16-17,19H,6,10H2,1-5H3. The van der Waals surface area contributed by atoms with Crippen LogP contribution in [-0.4, -0.2) is 29.1 Å². The molecule has 0 aromatic heterocycles. The predicted molar refractivity (Wildman–Crippen MR) is 82.2 cm³/mol. The van der Waals surface area contributed by atoms with Gasteiger partial charge in [0.15, 0.2) is 0 Å². The SMILES string of the molecule is CCCC(C)N(C)C(C(C)C)C(O)c1ccccc1. The lowest BCUT2D eigenvalue weighted by molar-refractivity contribution is 0.0161. The van der Waals surface area contributed by atoms with E-state index in [-0.39, 0.29) is 6.04 Å². The highest BCUT2D eigenvalue weighted by atomic mass is 16.3. The molecule has 0 aliphatic carbocycles. The molecule has 0 aliphatic heterocycles. The number of aliphatic hydroxyl groups is 1. The number of nitrogens with zero attached hydrogens (tertiary/aromatic N) is 1. The summed E-state index contributed by atoms with van der Waals surface area (Å²) in [6.45, 7) is 8.83. The van der Waals surface area contributed by atoms with Crippen molar-refractivity contribution in [3.8, 4) is 0 Å². The molecule has 0 amide bonds. The van der Waals surface area contributed by atoms with Gasteiger partial charge in [-0.15, -0.1) is 0 Å². The van der Waals surface area contributed by atoms with E-state index >= 15 is 0 Å². The Kier molecular flexibility index (Phi) is 6.53. The minimum atomic E-state index is -0.425. The second-order valence-corrected chi connectivity index (χ2v) is 5.89. The van der Waals surface area contributed by atoms with Gasteiger partial charge in [-0.1, -0.05) is 57.5 Å². The summed E-state index contributed by atoms with van der Waals surface area (Å²) in [4.78, 5) is 2.34. The second-order valence-electron chi connectivity index (χ2n) is 5.89. The third-order valence-electron chi connectivity index (χ3n) is 4.02. The third kappa shape index (κ3) is 4.32. The van der Waals surface area contributed by atoms with Crippen molar-refractivity contribution in [2.45, 2.75) is 58.7 Å². The predicted octanol–water partition coefficient (Wildman–Crippen LogP) is 3.87. The van der Waals surface area contributed by atoms with E-state index in [2.05, 4.69) is 39.6 Å². The Balaban J connectivity index is 2.88. The fourth-order valence-corrected chi connectivity index (χ4v) is 2.82. The number of likely N-dealkylation sites (N-methyl/N-ethyl adjacent to an activating group) is 1. The monoisotopic (exact) mass is 263 g/mol. The Morgan fingerprint density at radius 1 is 1.11 bits per heavy atom. The Labute approximate surface area is 118 Å². The molecule has 2 nitrogen and oxygen atoms in total. The molecule has 0 spiro atoms. The van der Waals surface area contributed by atoms with Crippen LogP contribution in [0.5, 0.6) is 0 Å². The molecule has 0 saturated heterocycles. The van der Waals surface area contributed by atoms with Crippen LogP contribution in [0.3, 0.4) is 0 Å². The number of rotatable bonds is 7. The lowest BCUT2D eigenvalue weighted by atomic mass is 9.91. The molecule has 3 atom stereocenters. The molecule has 3 unspecified atom stereocenters. The molecule has 1 rings (SSSR count). The van der Waals surface area contributed by atoms with Gasteiger partial charge in [-0.2, -0.15) is 0 Å². The summed E-state index contributed by atoms with van der Waals surface area (Å²) in [6, 6.07) is 10.7. The second kappa shape index (κ2) is 7.66. The van der Waals surface area contributed by atoms with Gasteiger partial charge in [-0.05, 0) is 31.9 Å². The summed E-state index contributed by atoms with van der Waals surface area (Å²) in [5.74, 6) is 0.416. The van der Waals surface area contributed by atoms with Crippen molar-refractivity contribution in [3.63, 3.8) is 0 Å². The first kappa shape index (κ1) is 16.2. The van der Waals surface area contributed by atoms with E-state index in [0.717, 1.165) is 5.56 Å². The van der Waals surface area contributed by atoms with Crippen LogP contribution in [-0.2, 0) is 0 Å². The Morgan fingerprint density at radius 2 is 1.68 bits per heavy atom. The fourth-order valence-electron chi connectivity index (χ4n) is 2.82. The largest absolute Gasteiger partial charge is 0.387 e. The van der Waals surface area contributed by atoms with E-state index < -0.39 is 6.10 Å². The highest BCUT2D eigenvalue weighted by molar-refractivity contribution is 5.19. The number of hydrogen-bond donors (Lipinski definition) is 1. The molecule has 2 heteroatoms. The molecule has 0 bridgehead atoms. The van der Waals surface area contributed by atoms with Crippen molar-refractivity contribution in [2.24, 2.45) is 5.92 Å². The highest BCUT2D eigenvalue weighted by Gasteiger charge is 2.29. The molecule has 0 radical (unpaired) electrons. The van der Waals surface area contributed by atoms with Crippen LogP contribution in [0, 0.1) is 5.92 Å². The van der Waals surface area contributed by atoms with E-state index in [1.807, 2.05) is 30.3 Å². The van der Waals surface area contributed by atoms with Crippen molar-refractivity contribution in [2.75, 3.05) is 7.05 Å². The van der Waals surface area contributed by atoms with E-state index in [9.17, 15) is 5.11 Å². The smallest absolute Gasteiger partial charge is 0.0947 e. The lowest BCUT2D eigenvalue weighted by Gasteiger charge is -2.39. The van der Waals surface area contributed by atoms with Crippen LogP contribution in [0.2, 0.25) is 0 Å². The fraction of sp³-hybridized carbons (Fsp3) is 0.647. The molecule has 0 heterocycles. The molecule has 0 fully saturated rings. The lowest BCUT2D eigenvalue weighted by Crippen LogP contribution is -2.45. The summed E-state index contributed by atoms with van der Waals surface area (Å²) >= 11 is 0. The van der Waals surface area contributed by atoms with Crippen LogP contribution < -0.4 is 0 Å². The van der Waals surface area contributed by atoms with Gasteiger partial charge < -0.3 is 5.11 Å². The summed E-state index contributed by atoms with van der Waals surface area (Å²) in [5.41, 5.74) is 1.01. The Morgan fingerprint density at radius 3 is 2.16 bits per heavy atom. The van der Waals surface area contributed by atoms with Crippen molar-refractivity contribution in [1.29, 1.82) is 0 Å². The van der Waals surface area contributed by atoms with Crippen LogP contribution in [0.15, 0.2) is 30.3 Å². The van der Waals surface area contributed by atoms with Gasteiger partial charge >= 0.3 is 0 Å². The van der Waals surface area contributed by atoms with Crippen molar-refractivity contribution >= 4 is 0 Å². The Bertz CT molecular complexity index is 350. The molecule has 108 valence electrons. The molecule has 1 aromatic carbocycles. The van der Waals surface area contributed by atoms with E-state index in [4.69, 9.17) is 0 Å². The summed E-state index contributed by atoms with van der Waals surface area (Å²) < 4.78 is 0. The normalized spacial score (nSPS) is 16.6. The maximum Gasteiger partial charge on any atom is 0.0947 e. The molecule has 0 saturated carbocycles. The van der Waals surface area contributed by atoms with Crippen LogP contribution in [0.1, 0.15) is 52.2 Å². The number of benzene rings is 1. The maximum absolute atomic E-state index is 10.7. The summed E-state index contributed by atoms with van der Waals surface area (Å²) in [7, 11) is 2.14. The molecule has 19 heavy (non-hydrogen) atoms. The van der Waals surface area contributed by atoms with Gasteiger partial charge in [0.05, 0.1) is 6.10 Å². The van der Waals surface area contributed by atoms with Crippen LogP contribution in [0.25, 0.3) is 0 Å². The first-order chi connectivity index (χ1) is 8.99. The number of aliphatic hydroxyl groups excluding tert-OH is 1. The van der Waals surface area contributed by atoms with Gasteiger partial charge in [0, 0.05) is 12.1 Å². The van der Waals surface area contributed by atoms with Crippen molar-refractivity contribution < 1.29 is 5.11 Å². The van der Waals surface area contributed by atoms with E-state index in [1.54, 1.807) is 0 Å². The zero-order valence-corrected chi connectivity index (χ0v) is 13.0. The van der Waals surface area contributed by atoms with E-state index in [1.165, 1.54) is 12.8 Å². The first-order valence-corrected chi connectivity index (χ1v) is 7.44. The summed E-state index contributed by atoms with van der Waals surface area (Å²) in [5, 5.41) is 10.7. The molecular weight excluding hydrogens is 234 g/mol. The van der Waals surface area contributed by atoms with Crippen LogP contribution in [0.4, 0.5) is 0 Å². The minimum Gasteiger partial charge on any atom is -0.387 e. The molecule has 0 aliphatic rings. The van der Waals surface area contributed by atoms with E-state index in [0.29, 0.717) is 12.0 Å². The third-order valence-corrected chi connectivity index (χ3v) is 4.02. The number of hydrogen-bond acceptors (Lipinski definition) is 2. The topological polar surface area (TPSA) is 23.5 Å². The zero-order chi connectivity index (χ0) is 14.4. The van der Waals surface area contributed by atoms with Crippen molar-refractivity contribution in [1.82, 2.24) is 4.90 Å². The van der Waals surface area contributed by atoms with Gasteiger partial charge in [-0.3, -0.25) is 4.90 Å². The quantitative estimate of drug-likeness (QED) is 0.807. The molecular formula is C17H29NO. The van der Waals surface area contributed by atoms with Gasteiger partial charge in [0.1, 0.15) is 0 Å². The Hall–Kier alpha value is -0.860. The zero-order valence-electron chi connectivity index (χ0n) is 13.0. The van der Waals surface area contributed by atoms with Crippen LogP contribution >= 0.6 is 0 Å². The maximum atomic E-state index is 10.7. The molecule has 1 aromatic rings. The van der Waals surface area contributed by atoms with Gasteiger partial charge in [0.2, 0.25) is 0 Å². The van der Waals surface area contributed by atoms with Crippen molar-refractivity contribution in [3.05, 3.63) is 35.9 Å². The van der Waals surface area contributed by atoms with Gasteiger partial charge in [-0.25, -0.2) is 0 Å². The average molecular weight is 263 g/mol. The summed E-state index contributed by atoms with van der Waals surface area (Å²) in [6.07, 6.45) is 1.92. The minimum absolute atomic E-state index is 0.156. The average Bonchev–Trinajstić information content (AvgIpc) is 2.39. The first-order valence-electron chi connectivity index (χ1n) is 7.44. The highest BCUT2D eigenvalue weighted by Crippen LogP contribution is 2.27. The molecule has 1 N–H and O–H groups in total. The van der Waals surface area contributed by atoms with Gasteiger partial charge in [0.25, 0.3) is 0 Å².